The van der Waals surface area contributed by atoms with Crippen LogP contribution in [0.4, 0.5) is 0 Å². The molecule has 0 aliphatic heterocycles. The van der Waals surface area contributed by atoms with Crippen molar-refractivity contribution >= 4 is 22.8 Å². The Morgan fingerprint density at radius 2 is 1.49 bits per heavy atom. The van der Waals surface area contributed by atoms with Gasteiger partial charge in [-0.05, 0) is 48.6 Å². The molecule has 0 bridgehead atoms. The van der Waals surface area contributed by atoms with Gasteiger partial charge in [0.1, 0.15) is 12.4 Å². The highest BCUT2D eigenvalue weighted by Gasteiger charge is 2.22. The zero-order valence-corrected chi connectivity index (χ0v) is 22.0. The molecule has 0 aliphatic carbocycles. The molecule has 0 radical (unpaired) electrons. The van der Waals surface area contributed by atoms with Crippen molar-refractivity contribution in [3.63, 3.8) is 0 Å². The molecular weight excluding hydrogens is 460 g/mol. The average Bonchev–Trinajstić information content (AvgIpc) is 3.28. The monoisotopic (exact) mass is 496 g/mol. The first-order valence-corrected chi connectivity index (χ1v) is 13.2. The van der Waals surface area contributed by atoms with Gasteiger partial charge in [-0.15, -0.1) is 0 Å². The summed E-state index contributed by atoms with van der Waals surface area (Å²) in [5, 5.41) is 3.10. The minimum atomic E-state index is -0.345. The summed E-state index contributed by atoms with van der Waals surface area (Å²) in [6, 6.07) is 25.7. The van der Waals surface area contributed by atoms with Crippen molar-refractivity contribution in [1.82, 2.24) is 19.8 Å². The summed E-state index contributed by atoms with van der Waals surface area (Å²) in [4.78, 5) is 32.9. The summed E-state index contributed by atoms with van der Waals surface area (Å²) in [6.07, 6.45) is 2.11. The molecule has 1 aromatic heterocycles. The summed E-state index contributed by atoms with van der Waals surface area (Å²) in [7, 11) is 0. The number of rotatable bonds is 11. The minimum absolute atomic E-state index is 0.0742. The average molecular weight is 497 g/mol. The molecule has 192 valence electrons. The Labute approximate surface area is 219 Å². The fraction of sp³-hybridized carbons (Fsp3) is 0.323. The molecule has 6 nitrogen and oxygen atoms in total. The molecule has 6 heteroatoms. The number of nitrogens with one attached hydrogen (secondary N) is 1. The van der Waals surface area contributed by atoms with Crippen LogP contribution in [0.1, 0.15) is 51.0 Å². The number of aromatic nitrogens is 2. The van der Waals surface area contributed by atoms with Crippen LogP contribution in [-0.4, -0.2) is 39.4 Å². The van der Waals surface area contributed by atoms with Crippen LogP contribution in [0.25, 0.3) is 22.2 Å². The molecular formula is C31H36N4O2. The van der Waals surface area contributed by atoms with Crippen LogP contribution >= 0.6 is 0 Å². The first-order chi connectivity index (χ1) is 18.0. The van der Waals surface area contributed by atoms with Crippen LogP contribution in [-0.2, 0) is 22.6 Å². The zero-order valence-electron chi connectivity index (χ0n) is 22.0. The van der Waals surface area contributed by atoms with Crippen molar-refractivity contribution in [2.24, 2.45) is 0 Å². The quantitative estimate of drug-likeness (QED) is 0.287. The topological polar surface area (TPSA) is 67.2 Å². The highest BCUT2D eigenvalue weighted by atomic mass is 16.2. The van der Waals surface area contributed by atoms with E-state index in [0.29, 0.717) is 5.82 Å². The fourth-order valence-corrected chi connectivity index (χ4v) is 4.72. The molecule has 0 fully saturated rings. The number of carbonyl (C=O) groups is 2. The summed E-state index contributed by atoms with van der Waals surface area (Å²) in [6.45, 7) is 7.78. The number of benzene rings is 3. The van der Waals surface area contributed by atoms with E-state index >= 15 is 0 Å². The van der Waals surface area contributed by atoms with Gasteiger partial charge in [-0.2, -0.15) is 0 Å². The van der Waals surface area contributed by atoms with E-state index in [9.17, 15) is 9.59 Å². The minimum Gasteiger partial charge on any atom is -0.346 e. The molecule has 0 saturated heterocycles. The molecule has 2 amide bonds. The molecule has 1 N–H and O–H groups in total. The second-order valence-electron chi connectivity index (χ2n) is 9.45. The first-order valence-electron chi connectivity index (χ1n) is 13.2. The van der Waals surface area contributed by atoms with Gasteiger partial charge in [0.05, 0.1) is 23.5 Å². The van der Waals surface area contributed by atoms with Crippen LogP contribution in [0, 0.1) is 0 Å². The Kier molecular flexibility index (Phi) is 8.72. The maximum absolute atomic E-state index is 13.2. The molecule has 0 aliphatic rings. The van der Waals surface area contributed by atoms with Gasteiger partial charge >= 0.3 is 0 Å². The van der Waals surface area contributed by atoms with Crippen molar-refractivity contribution in [3.8, 4) is 11.1 Å². The Morgan fingerprint density at radius 1 is 0.865 bits per heavy atom. The number of imidazole rings is 1. The van der Waals surface area contributed by atoms with Crippen LogP contribution in [0.15, 0.2) is 78.9 Å². The second-order valence-corrected chi connectivity index (χ2v) is 9.45. The van der Waals surface area contributed by atoms with Crippen LogP contribution in [0.2, 0.25) is 0 Å². The Balaban J connectivity index is 1.48. The third-order valence-electron chi connectivity index (χ3n) is 6.51. The number of fused-ring (bicyclic) bond motifs is 1. The summed E-state index contributed by atoms with van der Waals surface area (Å²) in [5.74, 6) is 0.684. The lowest BCUT2D eigenvalue weighted by molar-refractivity contribution is -0.131. The zero-order chi connectivity index (χ0) is 26.2. The Bertz CT molecular complexity index is 1320. The van der Waals surface area contributed by atoms with E-state index in [1.165, 1.54) is 0 Å². The first kappa shape index (κ1) is 26.1. The normalized spacial score (nSPS) is 11.9. The predicted octanol–water partition coefficient (Wildman–Crippen LogP) is 5.77. The van der Waals surface area contributed by atoms with Gasteiger partial charge in [0.2, 0.25) is 11.8 Å². The third-order valence-corrected chi connectivity index (χ3v) is 6.51. The highest BCUT2D eigenvalue weighted by Crippen LogP contribution is 2.22. The highest BCUT2D eigenvalue weighted by molar-refractivity contribution is 5.82. The van der Waals surface area contributed by atoms with E-state index in [1.807, 2.05) is 83.1 Å². The predicted molar refractivity (Wildman–Crippen MR) is 149 cm³/mol. The number of para-hydroxylation sites is 2. The molecule has 3 aromatic carbocycles. The van der Waals surface area contributed by atoms with Crippen LogP contribution in [0.5, 0.6) is 0 Å². The SMILES string of the molecule is CCCN(CCC)C(=O)Cn1c(C(C)NC(=O)Cc2ccc(-c3ccccc3)cc2)nc2ccccc21. The number of nitrogens with zero attached hydrogens (tertiary/aromatic N) is 3. The molecule has 0 saturated carbocycles. The number of hydrogen-bond donors (Lipinski definition) is 1. The Morgan fingerprint density at radius 3 is 2.16 bits per heavy atom. The van der Waals surface area contributed by atoms with E-state index in [0.717, 1.165) is 53.7 Å². The largest absolute Gasteiger partial charge is 0.346 e. The van der Waals surface area contributed by atoms with Gasteiger partial charge in [-0.3, -0.25) is 9.59 Å². The van der Waals surface area contributed by atoms with Crippen molar-refractivity contribution in [2.75, 3.05) is 13.1 Å². The fourth-order valence-electron chi connectivity index (χ4n) is 4.72. The summed E-state index contributed by atoms with van der Waals surface area (Å²) in [5.41, 5.74) is 4.94. The lowest BCUT2D eigenvalue weighted by Crippen LogP contribution is -2.36. The number of carbonyl (C=O) groups excluding carboxylic acids is 2. The van der Waals surface area contributed by atoms with E-state index in [4.69, 9.17) is 4.98 Å². The van der Waals surface area contributed by atoms with Crippen LogP contribution in [0.3, 0.4) is 0 Å². The van der Waals surface area contributed by atoms with Crippen LogP contribution < -0.4 is 5.32 Å². The van der Waals surface area contributed by atoms with Crippen molar-refractivity contribution in [3.05, 3.63) is 90.3 Å². The molecule has 4 rings (SSSR count). The summed E-state index contributed by atoms with van der Waals surface area (Å²) >= 11 is 0. The van der Waals surface area contributed by atoms with E-state index in [2.05, 4.69) is 31.3 Å². The molecule has 0 spiro atoms. The number of amides is 2. The smallest absolute Gasteiger partial charge is 0.242 e. The van der Waals surface area contributed by atoms with Crippen molar-refractivity contribution < 1.29 is 9.59 Å². The van der Waals surface area contributed by atoms with Crippen molar-refractivity contribution in [1.29, 1.82) is 0 Å². The molecule has 37 heavy (non-hydrogen) atoms. The van der Waals surface area contributed by atoms with Gasteiger partial charge in [0, 0.05) is 13.1 Å². The van der Waals surface area contributed by atoms with Gasteiger partial charge in [0.15, 0.2) is 0 Å². The van der Waals surface area contributed by atoms with Gasteiger partial charge in [0.25, 0.3) is 0 Å². The Hall–Kier alpha value is -3.93. The van der Waals surface area contributed by atoms with Crippen molar-refractivity contribution in [2.45, 2.75) is 52.6 Å². The molecule has 1 unspecified atom stereocenters. The maximum Gasteiger partial charge on any atom is 0.242 e. The standard InChI is InChI=1S/C31H36N4O2/c1-4-19-34(20-5-2)30(37)22-35-28-14-10-9-13-27(28)33-31(35)23(3)32-29(36)21-24-15-17-26(18-16-24)25-11-7-6-8-12-25/h6-18,23H,4-5,19-22H2,1-3H3,(H,32,36). The lowest BCUT2D eigenvalue weighted by atomic mass is 10.0. The lowest BCUT2D eigenvalue weighted by Gasteiger charge is -2.23. The maximum atomic E-state index is 13.2. The molecule has 1 heterocycles. The van der Waals surface area contributed by atoms with Gasteiger partial charge < -0.3 is 14.8 Å². The van der Waals surface area contributed by atoms with E-state index in [1.54, 1.807) is 0 Å². The van der Waals surface area contributed by atoms with Gasteiger partial charge in [-0.1, -0.05) is 80.6 Å². The van der Waals surface area contributed by atoms with E-state index in [-0.39, 0.29) is 30.8 Å². The number of hydrogen-bond acceptors (Lipinski definition) is 3. The molecule has 1 atom stereocenters. The van der Waals surface area contributed by atoms with Gasteiger partial charge in [-0.25, -0.2) is 4.98 Å². The summed E-state index contributed by atoms with van der Waals surface area (Å²) < 4.78 is 1.95. The third kappa shape index (κ3) is 6.45. The second kappa shape index (κ2) is 12.3. The van der Waals surface area contributed by atoms with E-state index < -0.39 is 0 Å². The molecule has 4 aromatic rings.